The lowest BCUT2D eigenvalue weighted by Gasteiger charge is -2.20. The Labute approximate surface area is 141 Å². The zero-order chi connectivity index (χ0) is 14.8. The normalized spacial score (nSPS) is 14.4. The van der Waals surface area contributed by atoms with Crippen molar-refractivity contribution < 1.29 is 0 Å². The van der Waals surface area contributed by atoms with Crippen molar-refractivity contribution >= 4 is 49.9 Å². The summed E-state index contributed by atoms with van der Waals surface area (Å²) in [6.45, 7) is 2.14. The van der Waals surface area contributed by atoms with Crippen LogP contribution in [0.4, 0.5) is 0 Å². The zero-order valence-corrected chi connectivity index (χ0v) is 14.9. The van der Waals surface area contributed by atoms with Crippen molar-refractivity contribution in [2.75, 3.05) is 0 Å². The SMILES string of the molecule is CCC(N)C(Sc1cc2ccccc2[nH]1)c1cc(Br)cs1. The van der Waals surface area contributed by atoms with E-state index in [9.17, 15) is 0 Å². The number of thiophene rings is 1. The minimum Gasteiger partial charge on any atom is -0.350 e. The molecule has 0 radical (unpaired) electrons. The van der Waals surface area contributed by atoms with Crippen molar-refractivity contribution in [2.24, 2.45) is 5.73 Å². The molecule has 2 heterocycles. The largest absolute Gasteiger partial charge is 0.350 e. The van der Waals surface area contributed by atoms with Crippen molar-refractivity contribution in [3.05, 3.63) is 51.1 Å². The summed E-state index contributed by atoms with van der Waals surface area (Å²) in [5.41, 5.74) is 7.53. The molecule has 2 unspecified atom stereocenters. The van der Waals surface area contributed by atoms with E-state index in [4.69, 9.17) is 5.73 Å². The van der Waals surface area contributed by atoms with Gasteiger partial charge in [0.25, 0.3) is 0 Å². The summed E-state index contributed by atoms with van der Waals surface area (Å²) in [5, 5.41) is 4.82. The van der Waals surface area contributed by atoms with E-state index in [2.05, 4.69) is 69.6 Å². The molecular weight excluding hydrogens is 364 g/mol. The Kier molecular flexibility index (Phi) is 4.74. The third kappa shape index (κ3) is 3.37. The highest BCUT2D eigenvalue weighted by atomic mass is 79.9. The predicted molar refractivity (Wildman–Crippen MR) is 97.2 cm³/mol. The van der Waals surface area contributed by atoms with E-state index in [1.54, 1.807) is 11.3 Å². The molecule has 3 N–H and O–H groups in total. The fourth-order valence-corrected chi connectivity index (χ4v) is 5.29. The number of benzene rings is 1. The standard InChI is InChI=1S/C16H17BrN2S2/c1-2-12(18)16(14-8-11(17)9-20-14)21-15-7-10-5-3-4-6-13(10)19-15/h3-9,12,16,19H,2,18H2,1H3. The van der Waals surface area contributed by atoms with E-state index < -0.39 is 0 Å². The van der Waals surface area contributed by atoms with Gasteiger partial charge >= 0.3 is 0 Å². The number of aromatic nitrogens is 1. The summed E-state index contributed by atoms with van der Waals surface area (Å²) in [5.74, 6) is 0. The second kappa shape index (κ2) is 6.57. The lowest BCUT2D eigenvalue weighted by Crippen LogP contribution is -2.25. The van der Waals surface area contributed by atoms with E-state index in [-0.39, 0.29) is 11.3 Å². The number of fused-ring (bicyclic) bond motifs is 1. The number of aromatic amines is 1. The Bertz CT molecular complexity index is 702. The van der Waals surface area contributed by atoms with Crippen molar-refractivity contribution in [3.8, 4) is 0 Å². The van der Waals surface area contributed by atoms with Gasteiger partial charge in [-0.05, 0) is 40.5 Å². The van der Waals surface area contributed by atoms with E-state index in [0.717, 1.165) is 10.9 Å². The van der Waals surface area contributed by atoms with Crippen LogP contribution in [-0.4, -0.2) is 11.0 Å². The van der Waals surface area contributed by atoms with Gasteiger partial charge in [-0.3, -0.25) is 0 Å². The van der Waals surface area contributed by atoms with Gasteiger partial charge in [-0.2, -0.15) is 0 Å². The summed E-state index contributed by atoms with van der Waals surface area (Å²) in [4.78, 5) is 4.80. The topological polar surface area (TPSA) is 41.8 Å². The lowest BCUT2D eigenvalue weighted by atomic mass is 10.1. The maximum absolute atomic E-state index is 6.36. The molecular formula is C16H17BrN2S2. The zero-order valence-electron chi connectivity index (χ0n) is 11.7. The van der Waals surface area contributed by atoms with Crippen molar-refractivity contribution in [1.29, 1.82) is 0 Å². The molecule has 3 aromatic rings. The van der Waals surface area contributed by atoms with Crippen molar-refractivity contribution in [1.82, 2.24) is 4.98 Å². The predicted octanol–water partition coefficient (Wildman–Crippen LogP) is 5.56. The van der Waals surface area contributed by atoms with Gasteiger partial charge in [-0.1, -0.05) is 36.9 Å². The highest BCUT2D eigenvalue weighted by molar-refractivity contribution is 9.10. The Morgan fingerprint density at radius 3 is 2.81 bits per heavy atom. The molecule has 0 aliphatic rings. The van der Waals surface area contributed by atoms with Gasteiger partial charge in [0.05, 0.1) is 10.3 Å². The van der Waals surface area contributed by atoms with Crippen LogP contribution in [0.25, 0.3) is 10.9 Å². The van der Waals surface area contributed by atoms with E-state index in [0.29, 0.717) is 0 Å². The van der Waals surface area contributed by atoms with Gasteiger partial charge in [-0.25, -0.2) is 0 Å². The first-order chi connectivity index (χ1) is 10.2. The highest BCUT2D eigenvalue weighted by Gasteiger charge is 2.22. The Hall–Kier alpha value is -0.750. The fraction of sp³-hybridized carbons (Fsp3) is 0.250. The Morgan fingerprint density at radius 1 is 1.33 bits per heavy atom. The second-order valence-corrected chi connectivity index (χ2v) is 8.04. The number of nitrogens with two attached hydrogens (primary N) is 1. The Morgan fingerprint density at radius 2 is 2.14 bits per heavy atom. The number of para-hydroxylation sites is 1. The summed E-state index contributed by atoms with van der Waals surface area (Å²) >= 11 is 7.13. The van der Waals surface area contributed by atoms with E-state index >= 15 is 0 Å². The molecule has 0 saturated heterocycles. The number of nitrogens with one attached hydrogen (secondary N) is 1. The molecule has 5 heteroatoms. The maximum Gasteiger partial charge on any atom is 0.0739 e. The fourth-order valence-electron chi connectivity index (χ4n) is 2.30. The summed E-state index contributed by atoms with van der Waals surface area (Å²) in [6.07, 6.45) is 0.966. The molecule has 0 aliphatic heterocycles. The number of hydrogen-bond acceptors (Lipinski definition) is 3. The monoisotopic (exact) mass is 380 g/mol. The molecule has 0 bridgehead atoms. The molecule has 21 heavy (non-hydrogen) atoms. The first-order valence-electron chi connectivity index (χ1n) is 6.91. The van der Waals surface area contributed by atoms with Crippen LogP contribution in [0.1, 0.15) is 23.5 Å². The van der Waals surface area contributed by atoms with Crippen LogP contribution in [0.3, 0.4) is 0 Å². The number of hydrogen-bond donors (Lipinski definition) is 2. The first kappa shape index (κ1) is 15.2. The van der Waals surface area contributed by atoms with E-state index in [1.165, 1.54) is 20.8 Å². The van der Waals surface area contributed by atoms with Crippen LogP contribution in [0.5, 0.6) is 0 Å². The summed E-state index contributed by atoms with van der Waals surface area (Å²) < 4.78 is 1.13. The van der Waals surface area contributed by atoms with Gasteiger partial charge in [-0.15, -0.1) is 11.3 Å². The molecule has 2 nitrogen and oxygen atoms in total. The molecule has 0 aliphatic carbocycles. The van der Waals surface area contributed by atoms with Crippen molar-refractivity contribution in [3.63, 3.8) is 0 Å². The minimum atomic E-state index is 0.145. The average molecular weight is 381 g/mol. The molecule has 0 fully saturated rings. The number of H-pyrrole nitrogens is 1. The number of thioether (sulfide) groups is 1. The van der Waals surface area contributed by atoms with Crippen LogP contribution in [0.15, 0.2) is 51.3 Å². The molecule has 110 valence electrons. The number of rotatable bonds is 5. The van der Waals surface area contributed by atoms with Crippen molar-refractivity contribution in [2.45, 2.75) is 29.7 Å². The molecule has 3 rings (SSSR count). The van der Waals surface area contributed by atoms with Gasteiger partial charge < -0.3 is 10.7 Å². The molecule has 0 spiro atoms. The second-order valence-electron chi connectivity index (χ2n) is 5.00. The van der Waals surface area contributed by atoms with Gasteiger partial charge in [0.2, 0.25) is 0 Å². The molecule has 0 amide bonds. The smallest absolute Gasteiger partial charge is 0.0739 e. The van der Waals surface area contributed by atoms with Crippen LogP contribution in [-0.2, 0) is 0 Å². The molecule has 1 aromatic carbocycles. The first-order valence-corrected chi connectivity index (χ1v) is 9.46. The van der Waals surface area contributed by atoms with Gasteiger partial charge in [0.1, 0.15) is 0 Å². The van der Waals surface area contributed by atoms with Gasteiger partial charge in [0.15, 0.2) is 0 Å². The minimum absolute atomic E-state index is 0.145. The van der Waals surface area contributed by atoms with Gasteiger partial charge in [0, 0.05) is 31.7 Å². The summed E-state index contributed by atoms with van der Waals surface area (Å²) in [6, 6.07) is 12.9. The third-order valence-corrected chi connectivity index (χ3v) is 6.74. The maximum atomic E-state index is 6.36. The van der Waals surface area contributed by atoms with E-state index in [1.807, 2.05) is 11.8 Å². The van der Waals surface area contributed by atoms with Crippen LogP contribution in [0.2, 0.25) is 0 Å². The van der Waals surface area contributed by atoms with Crippen LogP contribution < -0.4 is 5.73 Å². The Balaban J connectivity index is 1.90. The molecule has 2 atom stereocenters. The molecule has 0 saturated carbocycles. The third-order valence-electron chi connectivity index (χ3n) is 3.49. The lowest BCUT2D eigenvalue weighted by molar-refractivity contribution is 0.639. The summed E-state index contributed by atoms with van der Waals surface area (Å²) in [7, 11) is 0. The van der Waals surface area contributed by atoms with Crippen LogP contribution in [0, 0.1) is 0 Å². The van der Waals surface area contributed by atoms with Crippen LogP contribution >= 0.6 is 39.0 Å². The average Bonchev–Trinajstić information content (AvgIpc) is 3.09. The highest BCUT2D eigenvalue weighted by Crippen LogP contribution is 2.41. The molecule has 2 aromatic heterocycles. The number of halogens is 1. The quantitative estimate of drug-likeness (QED) is 0.568.